The van der Waals surface area contributed by atoms with E-state index >= 15 is 0 Å². The molecule has 7 heteroatoms. The van der Waals surface area contributed by atoms with Crippen LogP contribution in [0.2, 0.25) is 4.34 Å². The van der Waals surface area contributed by atoms with E-state index in [-0.39, 0.29) is 11.4 Å². The molecule has 0 atom stereocenters. The van der Waals surface area contributed by atoms with E-state index in [1.165, 1.54) is 4.88 Å². The number of ether oxygens (including phenoxy) is 1. The number of hydrogen-bond donors (Lipinski definition) is 1. The lowest BCUT2D eigenvalue weighted by atomic mass is 10.0. The van der Waals surface area contributed by atoms with Crippen LogP contribution in [-0.4, -0.2) is 67.7 Å². The van der Waals surface area contributed by atoms with Crippen LogP contribution in [0.4, 0.5) is 0 Å². The summed E-state index contributed by atoms with van der Waals surface area (Å²) >= 11 is 7.48. The van der Waals surface area contributed by atoms with Gasteiger partial charge in [-0.3, -0.25) is 14.6 Å². The Labute approximate surface area is 147 Å². The van der Waals surface area contributed by atoms with Gasteiger partial charge in [-0.2, -0.15) is 0 Å². The van der Waals surface area contributed by atoms with E-state index in [2.05, 4.69) is 24.1 Å². The molecule has 1 amide bonds. The van der Waals surface area contributed by atoms with Gasteiger partial charge >= 0.3 is 0 Å². The van der Waals surface area contributed by atoms with Crippen LogP contribution < -0.4 is 5.32 Å². The third-order valence-corrected chi connectivity index (χ3v) is 5.27. The average molecular weight is 360 g/mol. The van der Waals surface area contributed by atoms with E-state index in [0.29, 0.717) is 13.1 Å². The number of nitrogens with one attached hydrogen (secondary N) is 1. The molecule has 1 N–H and O–H groups in total. The second-order valence-electron chi connectivity index (χ2n) is 6.57. The van der Waals surface area contributed by atoms with Gasteiger partial charge in [0, 0.05) is 36.6 Å². The number of hydrogen-bond acceptors (Lipinski definition) is 5. The first-order chi connectivity index (χ1) is 10.9. The largest absolute Gasteiger partial charge is 0.379 e. The molecular weight excluding hydrogens is 334 g/mol. The van der Waals surface area contributed by atoms with Crippen molar-refractivity contribution in [3.05, 3.63) is 21.3 Å². The van der Waals surface area contributed by atoms with Crippen molar-refractivity contribution in [2.45, 2.75) is 25.9 Å². The number of morpholine rings is 1. The molecule has 1 saturated heterocycles. The molecular formula is C16H26ClN3O2S. The number of thiophene rings is 1. The van der Waals surface area contributed by atoms with Crippen LogP contribution in [0.25, 0.3) is 0 Å². The van der Waals surface area contributed by atoms with Crippen LogP contribution in [0, 0.1) is 0 Å². The van der Waals surface area contributed by atoms with Crippen molar-refractivity contribution in [1.29, 1.82) is 0 Å². The lowest BCUT2D eigenvalue weighted by Gasteiger charge is -2.40. The Hall–Kier alpha value is -0.660. The van der Waals surface area contributed by atoms with Crippen LogP contribution in [0.3, 0.4) is 0 Å². The van der Waals surface area contributed by atoms with Gasteiger partial charge in [0.25, 0.3) is 0 Å². The van der Waals surface area contributed by atoms with Crippen molar-refractivity contribution in [2.24, 2.45) is 0 Å². The van der Waals surface area contributed by atoms with Crippen molar-refractivity contribution in [1.82, 2.24) is 15.1 Å². The number of nitrogens with zero attached hydrogens (tertiary/aromatic N) is 2. The minimum absolute atomic E-state index is 0.0523. The number of amides is 1. The number of rotatable bonds is 7. The number of carbonyl (C=O) groups excluding carboxylic acids is 1. The quantitative estimate of drug-likeness (QED) is 0.809. The Bertz CT molecular complexity index is 515. The first-order valence-corrected chi connectivity index (χ1v) is 9.08. The van der Waals surface area contributed by atoms with Gasteiger partial charge in [0.05, 0.1) is 24.1 Å². The highest BCUT2D eigenvalue weighted by molar-refractivity contribution is 7.16. The minimum Gasteiger partial charge on any atom is -0.379 e. The Morgan fingerprint density at radius 3 is 2.74 bits per heavy atom. The molecule has 5 nitrogen and oxygen atoms in total. The van der Waals surface area contributed by atoms with Gasteiger partial charge in [-0.15, -0.1) is 11.3 Å². The molecule has 0 radical (unpaired) electrons. The molecule has 0 saturated carbocycles. The van der Waals surface area contributed by atoms with Gasteiger partial charge in [-0.1, -0.05) is 11.6 Å². The fourth-order valence-electron chi connectivity index (χ4n) is 2.66. The summed E-state index contributed by atoms with van der Waals surface area (Å²) in [7, 11) is 1.94. The maximum atomic E-state index is 12.2. The topological polar surface area (TPSA) is 44.8 Å². The van der Waals surface area contributed by atoms with Crippen molar-refractivity contribution < 1.29 is 9.53 Å². The van der Waals surface area contributed by atoms with Crippen molar-refractivity contribution in [2.75, 3.05) is 46.4 Å². The first kappa shape index (κ1) is 18.7. The molecule has 0 spiro atoms. The van der Waals surface area contributed by atoms with Crippen molar-refractivity contribution in [3.8, 4) is 0 Å². The molecule has 1 fully saturated rings. The highest BCUT2D eigenvalue weighted by Gasteiger charge is 2.28. The Morgan fingerprint density at radius 2 is 2.13 bits per heavy atom. The van der Waals surface area contributed by atoms with E-state index < -0.39 is 0 Å². The summed E-state index contributed by atoms with van der Waals surface area (Å²) in [5.41, 5.74) is -0.0563. The molecule has 23 heavy (non-hydrogen) atoms. The zero-order chi connectivity index (χ0) is 16.9. The first-order valence-electron chi connectivity index (χ1n) is 7.89. The number of likely N-dealkylation sites (N-methyl/N-ethyl adjacent to an activating group) is 1. The summed E-state index contributed by atoms with van der Waals surface area (Å²) in [4.78, 5) is 17.7. The van der Waals surface area contributed by atoms with Gasteiger partial charge < -0.3 is 10.1 Å². The van der Waals surface area contributed by atoms with Gasteiger partial charge in [0.2, 0.25) is 5.91 Å². The SMILES string of the molecule is CN(CC(=O)NCC(C)(C)N1CCOCC1)Cc1ccc(Cl)s1. The summed E-state index contributed by atoms with van der Waals surface area (Å²) in [6.07, 6.45) is 0. The standard InChI is InChI=1S/C16H26ClN3O2S/c1-16(2,20-6-8-22-9-7-20)12-18-15(21)11-19(3)10-13-4-5-14(17)23-13/h4-5H,6-12H2,1-3H3,(H,18,21). The molecule has 0 aromatic carbocycles. The average Bonchev–Trinajstić information content (AvgIpc) is 2.91. The van der Waals surface area contributed by atoms with Gasteiger partial charge in [0.15, 0.2) is 0 Å². The molecule has 0 unspecified atom stereocenters. The molecule has 1 aromatic heterocycles. The fraction of sp³-hybridized carbons (Fsp3) is 0.688. The molecule has 2 heterocycles. The third kappa shape index (κ3) is 6.04. The van der Waals surface area contributed by atoms with Crippen LogP contribution >= 0.6 is 22.9 Å². The molecule has 2 rings (SSSR count). The molecule has 0 aliphatic carbocycles. The Morgan fingerprint density at radius 1 is 1.43 bits per heavy atom. The molecule has 130 valence electrons. The number of carbonyl (C=O) groups is 1. The summed E-state index contributed by atoms with van der Waals surface area (Å²) in [5.74, 6) is 0.0523. The van der Waals surface area contributed by atoms with Crippen LogP contribution in [0.15, 0.2) is 12.1 Å². The maximum Gasteiger partial charge on any atom is 0.234 e. The van der Waals surface area contributed by atoms with Crippen molar-refractivity contribution >= 4 is 28.8 Å². The van der Waals surface area contributed by atoms with E-state index in [4.69, 9.17) is 16.3 Å². The van der Waals surface area contributed by atoms with Gasteiger partial charge in [0.1, 0.15) is 0 Å². The van der Waals surface area contributed by atoms with Gasteiger partial charge in [-0.25, -0.2) is 0 Å². The zero-order valence-corrected chi connectivity index (χ0v) is 15.7. The smallest absolute Gasteiger partial charge is 0.234 e. The zero-order valence-electron chi connectivity index (χ0n) is 14.1. The van der Waals surface area contributed by atoms with E-state index in [9.17, 15) is 4.79 Å². The highest BCUT2D eigenvalue weighted by atomic mass is 35.5. The summed E-state index contributed by atoms with van der Waals surface area (Å²) in [6.45, 7) is 9.46. The third-order valence-electron chi connectivity index (χ3n) is 4.05. The van der Waals surface area contributed by atoms with Crippen molar-refractivity contribution in [3.63, 3.8) is 0 Å². The predicted molar refractivity (Wildman–Crippen MR) is 95.1 cm³/mol. The van der Waals surface area contributed by atoms with E-state index in [1.54, 1.807) is 11.3 Å². The highest BCUT2D eigenvalue weighted by Crippen LogP contribution is 2.22. The second kappa shape index (κ2) is 8.44. The summed E-state index contributed by atoms with van der Waals surface area (Å²) < 4.78 is 6.17. The predicted octanol–water partition coefficient (Wildman–Crippen LogP) is 2.06. The normalized spacial score (nSPS) is 16.7. The van der Waals surface area contributed by atoms with Crippen LogP contribution in [0.5, 0.6) is 0 Å². The minimum atomic E-state index is -0.0563. The summed E-state index contributed by atoms with van der Waals surface area (Å²) in [6, 6.07) is 3.89. The lowest BCUT2D eigenvalue weighted by Crippen LogP contribution is -2.56. The maximum absolute atomic E-state index is 12.2. The summed E-state index contributed by atoms with van der Waals surface area (Å²) in [5, 5.41) is 3.06. The fourth-order valence-corrected chi connectivity index (χ4v) is 3.82. The second-order valence-corrected chi connectivity index (χ2v) is 8.37. The molecule has 1 aromatic rings. The Balaban J connectivity index is 1.73. The van der Waals surface area contributed by atoms with E-state index in [0.717, 1.165) is 37.2 Å². The van der Waals surface area contributed by atoms with Crippen LogP contribution in [0.1, 0.15) is 18.7 Å². The Kier molecular flexibility index (Phi) is 6.85. The van der Waals surface area contributed by atoms with Crippen LogP contribution in [-0.2, 0) is 16.1 Å². The van der Waals surface area contributed by atoms with E-state index in [1.807, 2.05) is 24.1 Å². The molecule has 1 aliphatic heterocycles. The monoisotopic (exact) mass is 359 g/mol. The number of halogens is 1. The lowest BCUT2D eigenvalue weighted by molar-refractivity contribution is -0.122. The van der Waals surface area contributed by atoms with Gasteiger partial charge in [-0.05, 0) is 33.0 Å². The molecule has 0 bridgehead atoms. The molecule has 1 aliphatic rings.